The van der Waals surface area contributed by atoms with Crippen LogP contribution in [0.3, 0.4) is 0 Å². The smallest absolute Gasteiger partial charge is 0.247 e. The van der Waals surface area contributed by atoms with Crippen molar-refractivity contribution in [2.24, 2.45) is 5.73 Å². The van der Waals surface area contributed by atoms with Gasteiger partial charge in [0.05, 0.1) is 13.1 Å². The molecule has 0 unspecified atom stereocenters. The van der Waals surface area contributed by atoms with Crippen molar-refractivity contribution in [3.63, 3.8) is 0 Å². The molecule has 0 saturated heterocycles. The van der Waals surface area contributed by atoms with Crippen molar-refractivity contribution in [2.45, 2.75) is 31.5 Å². The van der Waals surface area contributed by atoms with E-state index in [2.05, 4.69) is 4.98 Å². The first kappa shape index (κ1) is 13.3. The average Bonchev–Trinajstić information content (AvgIpc) is 3.03. The van der Waals surface area contributed by atoms with Crippen molar-refractivity contribution in [3.05, 3.63) is 35.8 Å². The molecule has 0 aromatic carbocycles. The molecule has 0 saturated carbocycles. The Balaban J connectivity index is 1.95. The molecule has 8 heteroatoms. The number of fused-ring (bicyclic) bond motifs is 1. The van der Waals surface area contributed by atoms with Gasteiger partial charge in [-0.3, -0.25) is 0 Å². The third-order valence-electron chi connectivity index (χ3n) is 3.45. The third-order valence-corrected chi connectivity index (χ3v) is 5.40. The maximum Gasteiger partial charge on any atom is 0.247 e. The SMILES string of the molecule is Cc1oc(CN)cc1S(=O)(=O)N1CCn2ccnc2C1. The minimum Gasteiger partial charge on any atom is -0.464 e. The van der Waals surface area contributed by atoms with E-state index in [0.29, 0.717) is 24.6 Å². The van der Waals surface area contributed by atoms with E-state index in [1.165, 1.54) is 10.4 Å². The second kappa shape index (κ2) is 4.72. The molecule has 3 rings (SSSR count). The molecule has 0 amide bonds. The predicted octanol–water partition coefficient (Wildman–Crippen LogP) is 0.448. The average molecular weight is 296 g/mol. The molecule has 0 radical (unpaired) electrons. The summed E-state index contributed by atoms with van der Waals surface area (Å²) in [5, 5.41) is 0. The van der Waals surface area contributed by atoms with E-state index in [-0.39, 0.29) is 18.0 Å². The van der Waals surface area contributed by atoms with Crippen molar-refractivity contribution in [2.75, 3.05) is 6.54 Å². The normalized spacial score (nSPS) is 16.3. The minimum atomic E-state index is -3.57. The second-order valence-electron chi connectivity index (χ2n) is 4.71. The minimum absolute atomic E-state index is 0.181. The van der Waals surface area contributed by atoms with Crippen molar-refractivity contribution >= 4 is 10.0 Å². The molecular formula is C12H16N4O3S. The number of rotatable bonds is 3. The van der Waals surface area contributed by atoms with Crippen molar-refractivity contribution in [1.29, 1.82) is 0 Å². The maximum atomic E-state index is 12.7. The number of furan rings is 1. The number of hydrogen-bond acceptors (Lipinski definition) is 5. The standard InChI is InChI=1S/C12H16N4O3S/c1-9-11(6-10(7-13)19-9)20(17,18)16-5-4-15-3-2-14-12(15)8-16/h2-3,6H,4-5,7-8,13H2,1H3. The van der Waals surface area contributed by atoms with E-state index in [4.69, 9.17) is 10.2 Å². The molecule has 108 valence electrons. The van der Waals surface area contributed by atoms with Gasteiger partial charge >= 0.3 is 0 Å². The summed E-state index contributed by atoms with van der Waals surface area (Å²) in [5.41, 5.74) is 5.49. The summed E-state index contributed by atoms with van der Waals surface area (Å²) in [6, 6.07) is 1.51. The van der Waals surface area contributed by atoms with E-state index in [1.807, 2.05) is 10.8 Å². The number of hydrogen-bond donors (Lipinski definition) is 1. The lowest BCUT2D eigenvalue weighted by Gasteiger charge is -2.26. The topological polar surface area (TPSA) is 94.4 Å². The molecule has 7 nitrogen and oxygen atoms in total. The van der Waals surface area contributed by atoms with E-state index < -0.39 is 10.0 Å². The zero-order valence-corrected chi connectivity index (χ0v) is 11.9. The van der Waals surface area contributed by atoms with Crippen LogP contribution in [0.1, 0.15) is 17.3 Å². The van der Waals surface area contributed by atoms with Crippen molar-refractivity contribution in [1.82, 2.24) is 13.9 Å². The highest BCUT2D eigenvalue weighted by molar-refractivity contribution is 7.89. The number of sulfonamides is 1. The number of aromatic nitrogens is 2. The Hall–Kier alpha value is -1.64. The first-order valence-corrected chi connectivity index (χ1v) is 7.76. The van der Waals surface area contributed by atoms with Crippen LogP contribution in [0.25, 0.3) is 0 Å². The quantitative estimate of drug-likeness (QED) is 0.887. The van der Waals surface area contributed by atoms with Gasteiger partial charge in [-0.15, -0.1) is 0 Å². The highest BCUT2D eigenvalue weighted by atomic mass is 32.2. The Morgan fingerprint density at radius 3 is 2.95 bits per heavy atom. The molecule has 0 spiro atoms. The first-order valence-electron chi connectivity index (χ1n) is 6.32. The van der Waals surface area contributed by atoms with E-state index in [9.17, 15) is 8.42 Å². The lowest BCUT2D eigenvalue weighted by molar-refractivity contribution is 0.334. The fourth-order valence-electron chi connectivity index (χ4n) is 2.38. The van der Waals surface area contributed by atoms with Crippen LogP contribution in [0.15, 0.2) is 27.8 Å². The number of aryl methyl sites for hydroxylation is 1. The molecule has 1 aliphatic heterocycles. The molecule has 0 fully saturated rings. The molecule has 20 heavy (non-hydrogen) atoms. The highest BCUT2D eigenvalue weighted by Crippen LogP contribution is 2.26. The van der Waals surface area contributed by atoms with Crippen molar-refractivity contribution in [3.8, 4) is 0 Å². The Kier molecular flexibility index (Phi) is 3.15. The summed E-state index contributed by atoms with van der Waals surface area (Å²) in [4.78, 5) is 4.36. The molecule has 0 atom stereocenters. The number of imidazole rings is 1. The van der Waals surface area contributed by atoms with Crippen LogP contribution in [0.4, 0.5) is 0 Å². The predicted molar refractivity (Wildman–Crippen MR) is 71.2 cm³/mol. The molecule has 2 aromatic heterocycles. The molecule has 3 heterocycles. The molecule has 2 N–H and O–H groups in total. The van der Waals surface area contributed by atoms with Gasteiger partial charge in [0.1, 0.15) is 22.2 Å². The summed E-state index contributed by atoms with van der Waals surface area (Å²) in [5.74, 6) is 1.60. The molecule has 0 aliphatic carbocycles. The van der Waals surface area contributed by atoms with Gasteiger partial charge in [0.15, 0.2) is 0 Å². The van der Waals surface area contributed by atoms with Gasteiger partial charge in [-0.2, -0.15) is 4.31 Å². The monoisotopic (exact) mass is 296 g/mol. The van der Waals surface area contributed by atoms with Crippen LogP contribution in [0.2, 0.25) is 0 Å². The number of nitrogens with zero attached hydrogens (tertiary/aromatic N) is 3. The van der Waals surface area contributed by atoms with Crippen LogP contribution in [-0.2, 0) is 29.7 Å². The van der Waals surface area contributed by atoms with Gasteiger partial charge in [-0.1, -0.05) is 0 Å². The maximum absolute atomic E-state index is 12.7. The van der Waals surface area contributed by atoms with Crippen LogP contribution in [0.5, 0.6) is 0 Å². The number of nitrogens with two attached hydrogens (primary N) is 1. The Morgan fingerprint density at radius 1 is 1.45 bits per heavy atom. The molecule has 1 aliphatic rings. The summed E-state index contributed by atoms with van der Waals surface area (Å²) < 4.78 is 34.0. The van der Waals surface area contributed by atoms with Crippen LogP contribution >= 0.6 is 0 Å². The molecule has 0 bridgehead atoms. The zero-order chi connectivity index (χ0) is 14.3. The molecule has 2 aromatic rings. The van der Waals surface area contributed by atoms with Crippen molar-refractivity contribution < 1.29 is 12.8 Å². The Bertz CT molecular complexity index is 732. The third kappa shape index (κ3) is 2.05. The van der Waals surface area contributed by atoms with Gasteiger partial charge in [-0.25, -0.2) is 13.4 Å². The van der Waals surface area contributed by atoms with Gasteiger partial charge in [0.25, 0.3) is 0 Å². The lowest BCUT2D eigenvalue weighted by Crippen LogP contribution is -2.38. The lowest BCUT2D eigenvalue weighted by atomic mass is 10.4. The van der Waals surface area contributed by atoms with Crippen LogP contribution in [-0.4, -0.2) is 28.8 Å². The Morgan fingerprint density at radius 2 is 2.25 bits per heavy atom. The summed E-state index contributed by atoms with van der Waals surface area (Å²) in [6.45, 7) is 3.12. The Labute approximate surface area is 117 Å². The fraction of sp³-hybridized carbons (Fsp3) is 0.417. The highest BCUT2D eigenvalue weighted by Gasteiger charge is 2.31. The zero-order valence-electron chi connectivity index (χ0n) is 11.1. The first-order chi connectivity index (χ1) is 9.52. The summed E-state index contributed by atoms with van der Waals surface area (Å²) >= 11 is 0. The van der Waals surface area contributed by atoms with E-state index in [0.717, 1.165) is 5.82 Å². The summed E-state index contributed by atoms with van der Waals surface area (Å²) in [7, 11) is -3.57. The second-order valence-corrected chi connectivity index (χ2v) is 6.62. The van der Waals surface area contributed by atoms with Crippen LogP contribution in [0, 0.1) is 6.92 Å². The molecular weight excluding hydrogens is 280 g/mol. The van der Waals surface area contributed by atoms with E-state index in [1.54, 1.807) is 13.1 Å². The fourth-order valence-corrected chi connectivity index (χ4v) is 3.95. The van der Waals surface area contributed by atoms with Gasteiger partial charge in [-0.05, 0) is 6.92 Å². The van der Waals surface area contributed by atoms with Gasteiger partial charge < -0.3 is 14.7 Å². The van der Waals surface area contributed by atoms with Crippen LogP contribution < -0.4 is 5.73 Å². The van der Waals surface area contributed by atoms with Gasteiger partial charge in [0.2, 0.25) is 10.0 Å². The summed E-state index contributed by atoms with van der Waals surface area (Å²) in [6.07, 6.45) is 3.54. The largest absolute Gasteiger partial charge is 0.464 e. The van der Waals surface area contributed by atoms with Gasteiger partial charge in [0, 0.05) is 31.5 Å². The van der Waals surface area contributed by atoms with E-state index >= 15 is 0 Å².